The number of fused-ring (bicyclic) bond motifs is 3. The van der Waals surface area contributed by atoms with Gasteiger partial charge in [-0.2, -0.15) is 22.9 Å². The van der Waals surface area contributed by atoms with E-state index in [-0.39, 0.29) is 41.5 Å². The Morgan fingerprint density at radius 1 is 0.434 bits per heavy atom. The summed E-state index contributed by atoms with van der Waals surface area (Å²) in [5, 5.41) is 1.87. The van der Waals surface area contributed by atoms with Crippen LogP contribution >= 0.6 is 0 Å². The molecule has 7 nitrogen and oxygen atoms in total. The molecule has 53 heavy (non-hydrogen) atoms. The molecule has 0 unspecified atom stereocenters. The molecule has 9 rings (SSSR count). The summed E-state index contributed by atoms with van der Waals surface area (Å²) in [6.45, 7) is 0. The van der Waals surface area contributed by atoms with Crippen LogP contribution in [0.1, 0.15) is 0 Å². The van der Waals surface area contributed by atoms with Crippen molar-refractivity contribution in [3.05, 3.63) is 176 Å². The van der Waals surface area contributed by atoms with Gasteiger partial charge in [-0.15, -0.1) is 71.8 Å². The van der Waals surface area contributed by atoms with Crippen LogP contribution in [0.15, 0.2) is 152 Å². The van der Waals surface area contributed by atoms with Crippen LogP contribution in [0.4, 0.5) is 0 Å². The summed E-state index contributed by atoms with van der Waals surface area (Å²) >= 11 is 0. The minimum Gasteiger partial charge on any atom is -0.503 e. The van der Waals surface area contributed by atoms with E-state index in [1.165, 1.54) is 0 Å². The zero-order valence-electron chi connectivity index (χ0n) is 27.6. The van der Waals surface area contributed by atoms with E-state index in [4.69, 9.17) is 19.4 Å². The fraction of sp³-hybridized carbons (Fsp3) is 0. The van der Waals surface area contributed by atoms with Crippen molar-refractivity contribution < 1.29 is 51.0 Å². The van der Waals surface area contributed by atoms with Crippen LogP contribution in [0.3, 0.4) is 0 Å². The van der Waals surface area contributed by atoms with Crippen LogP contribution in [0.25, 0.3) is 61.4 Å². The predicted molar refractivity (Wildman–Crippen MR) is 197 cm³/mol. The molecule has 0 radical (unpaired) electrons. The number of hydrogen-bond donors (Lipinski definition) is 0. The Morgan fingerprint density at radius 3 is 1.42 bits per heavy atom. The van der Waals surface area contributed by atoms with Crippen molar-refractivity contribution in [3.63, 3.8) is 0 Å². The zero-order valence-corrected chi connectivity index (χ0v) is 31.4. The molecule has 5 aromatic carbocycles. The fourth-order valence-electron chi connectivity index (χ4n) is 5.96. The molecule has 0 saturated heterocycles. The summed E-state index contributed by atoms with van der Waals surface area (Å²) < 4.78 is 14.6. The molecular weight excluding hydrogens is 932 g/mol. The maximum Gasteiger partial charge on any atom is 2.00 e. The third kappa shape index (κ3) is 7.44. The topological polar surface area (TPSA) is 75.0 Å². The Morgan fingerprint density at radius 2 is 0.925 bits per heavy atom. The SMILES string of the molecule is [Pd+2].[Pt+2].[c-]1c(Oc2[c-]c3c(cc2)c2ccc(Oc4[c-]c(-c5ccccn5)ccc4)[c-]c2n3-c2ncc(-c3ccccc3)cn2)cccc1-c1ccccn1. The molecular formula is C44H25N5O2PdPt. The zero-order chi connectivity index (χ0) is 34.0. The molecule has 0 spiro atoms. The van der Waals surface area contributed by atoms with Crippen molar-refractivity contribution in [3.8, 4) is 62.6 Å². The summed E-state index contributed by atoms with van der Waals surface area (Å²) in [6.07, 6.45) is 7.17. The number of pyridine rings is 2. The number of benzene rings is 5. The molecule has 0 aliphatic carbocycles. The average molecular weight is 957 g/mol. The number of ether oxygens (including phenoxy) is 2. The van der Waals surface area contributed by atoms with Crippen LogP contribution < -0.4 is 9.47 Å². The quantitative estimate of drug-likeness (QED) is 0.112. The largest absolute Gasteiger partial charge is 2.00 e. The molecule has 0 amide bonds. The summed E-state index contributed by atoms with van der Waals surface area (Å²) in [5.74, 6) is 2.58. The Labute approximate surface area is 334 Å². The second-order valence-corrected chi connectivity index (χ2v) is 11.6. The first-order valence-corrected chi connectivity index (χ1v) is 16.3. The van der Waals surface area contributed by atoms with Gasteiger partial charge in [0.05, 0.1) is 0 Å². The minimum atomic E-state index is 0. The van der Waals surface area contributed by atoms with Crippen molar-refractivity contribution in [2.24, 2.45) is 0 Å². The van der Waals surface area contributed by atoms with Gasteiger partial charge >= 0.3 is 41.5 Å². The first-order chi connectivity index (χ1) is 25.2. The Bertz CT molecular complexity index is 2500. The van der Waals surface area contributed by atoms with Gasteiger partial charge in [0.1, 0.15) is 0 Å². The van der Waals surface area contributed by atoms with E-state index in [0.29, 0.717) is 28.9 Å². The molecule has 0 bridgehead atoms. The Balaban J connectivity index is 0.00000218. The van der Waals surface area contributed by atoms with Gasteiger partial charge in [0, 0.05) is 53.3 Å². The molecule has 4 heterocycles. The van der Waals surface area contributed by atoms with Crippen molar-refractivity contribution in [2.75, 3.05) is 0 Å². The van der Waals surface area contributed by atoms with Gasteiger partial charge in [-0.05, 0) is 29.1 Å². The van der Waals surface area contributed by atoms with Gasteiger partial charge in [-0.3, -0.25) is 0 Å². The van der Waals surface area contributed by atoms with Gasteiger partial charge in [0.2, 0.25) is 5.95 Å². The van der Waals surface area contributed by atoms with E-state index in [1.807, 2.05) is 144 Å². The van der Waals surface area contributed by atoms with E-state index in [2.05, 4.69) is 34.2 Å². The third-order valence-electron chi connectivity index (χ3n) is 8.34. The van der Waals surface area contributed by atoms with Gasteiger partial charge in [-0.25, -0.2) is 9.97 Å². The number of nitrogens with zero attached hydrogens (tertiary/aromatic N) is 5. The van der Waals surface area contributed by atoms with Crippen LogP contribution in [-0.4, -0.2) is 24.5 Å². The molecule has 258 valence electrons. The Hall–Kier alpha value is -5.77. The molecule has 0 N–H and O–H groups in total. The molecule has 4 aromatic heterocycles. The van der Waals surface area contributed by atoms with Crippen LogP contribution in [0.5, 0.6) is 23.0 Å². The summed E-state index contributed by atoms with van der Waals surface area (Å²) in [4.78, 5) is 18.5. The molecule has 9 heteroatoms. The second kappa shape index (κ2) is 15.9. The summed E-state index contributed by atoms with van der Waals surface area (Å²) in [7, 11) is 0. The van der Waals surface area contributed by atoms with Gasteiger partial charge in [-0.1, -0.05) is 77.8 Å². The van der Waals surface area contributed by atoms with Crippen molar-refractivity contribution >= 4 is 21.8 Å². The van der Waals surface area contributed by atoms with Gasteiger partial charge in [0.15, 0.2) is 0 Å². The average Bonchev–Trinajstić information content (AvgIpc) is 3.52. The molecule has 0 atom stereocenters. The maximum atomic E-state index is 6.33. The summed E-state index contributed by atoms with van der Waals surface area (Å²) in [6, 6.07) is 54.5. The minimum absolute atomic E-state index is 0. The second-order valence-electron chi connectivity index (χ2n) is 11.6. The maximum absolute atomic E-state index is 6.33. The van der Waals surface area contributed by atoms with Gasteiger partial charge < -0.3 is 24.0 Å². The first-order valence-electron chi connectivity index (χ1n) is 16.3. The van der Waals surface area contributed by atoms with Gasteiger partial charge in [0.25, 0.3) is 0 Å². The number of hydrogen-bond acceptors (Lipinski definition) is 6. The normalized spacial score (nSPS) is 10.7. The monoisotopic (exact) mass is 956 g/mol. The summed E-state index contributed by atoms with van der Waals surface area (Å²) in [5.41, 5.74) is 6.69. The van der Waals surface area contributed by atoms with E-state index >= 15 is 0 Å². The predicted octanol–water partition coefficient (Wildman–Crippen LogP) is 10.1. The first kappa shape index (κ1) is 35.6. The van der Waals surface area contributed by atoms with Crippen LogP contribution in [-0.2, 0) is 41.5 Å². The molecule has 0 aliphatic rings. The molecule has 0 saturated carbocycles. The van der Waals surface area contributed by atoms with E-state index in [0.717, 1.165) is 55.4 Å². The molecule has 0 fully saturated rings. The van der Waals surface area contributed by atoms with Crippen molar-refractivity contribution in [1.82, 2.24) is 24.5 Å². The van der Waals surface area contributed by atoms with Crippen LogP contribution in [0, 0.1) is 24.3 Å². The smallest absolute Gasteiger partial charge is 0.503 e. The standard InChI is InChI=1S/C44H25N5O2.Pd.Pt/c1-2-10-30(11-3-1)33-28-47-44(48-29-33)49-42-26-36(50-34-14-8-12-31(24-34)40-16-4-6-22-45-40)18-20-38(42)39-21-19-37(27-43(39)49)51-35-15-9-13-32(25-35)41-17-5-7-23-46-41;;/h1-23,28-29H;;/q-4;2*+2. The Kier molecular flexibility index (Phi) is 10.7. The molecule has 9 aromatic rings. The van der Waals surface area contributed by atoms with E-state index < -0.39 is 0 Å². The number of aromatic nitrogens is 5. The van der Waals surface area contributed by atoms with Crippen molar-refractivity contribution in [2.45, 2.75) is 0 Å². The molecule has 0 aliphatic heterocycles. The third-order valence-corrected chi connectivity index (χ3v) is 8.34. The fourth-order valence-corrected chi connectivity index (χ4v) is 5.96. The number of rotatable bonds is 8. The van der Waals surface area contributed by atoms with E-state index in [9.17, 15) is 0 Å². The van der Waals surface area contributed by atoms with Crippen LogP contribution in [0.2, 0.25) is 0 Å². The van der Waals surface area contributed by atoms with E-state index in [1.54, 1.807) is 12.4 Å². The van der Waals surface area contributed by atoms with Crippen molar-refractivity contribution in [1.29, 1.82) is 0 Å².